The van der Waals surface area contributed by atoms with Crippen molar-refractivity contribution in [3.63, 3.8) is 0 Å². The van der Waals surface area contributed by atoms with Crippen molar-refractivity contribution in [2.45, 2.75) is 52.1 Å². The van der Waals surface area contributed by atoms with Crippen molar-refractivity contribution in [2.24, 2.45) is 0 Å². The second-order valence-corrected chi connectivity index (χ2v) is 5.12. The first-order chi connectivity index (χ1) is 10.5. The van der Waals surface area contributed by atoms with Crippen LogP contribution in [0, 0.1) is 0 Å². The summed E-state index contributed by atoms with van der Waals surface area (Å²) in [4.78, 5) is 32.6. The van der Waals surface area contributed by atoms with E-state index in [0.717, 1.165) is 25.7 Å². The summed E-state index contributed by atoms with van der Waals surface area (Å²) in [6.07, 6.45) is 6.83. The Bertz CT molecular complexity index is 489. The molecular formula is C17H26O6. The molecule has 0 amide bonds. The normalized spacial score (nSPS) is 20.0. The highest BCUT2D eigenvalue weighted by Crippen LogP contribution is 2.18. The molecule has 0 aromatic carbocycles. The number of carbonyl (C=O) groups is 3. The standard InChI is InChI=1S/C8H12O3.C8H10O3.CH4/c2*1-11-8(10)6-3-2-4-7(9)5-6;/h5,7,9H,2-4H2,1H3;5H,2-4H2,1H3;1H4. The molecular weight excluding hydrogens is 300 g/mol. The van der Waals surface area contributed by atoms with E-state index < -0.39 is 6.10 Å². The molecule has 0 fully saturated rings. The van der Waals surface area contributed by atoms with E-state index in [1.54, 1.807) is 6.08 Å². The van der Waals surface area contributed by atoms with Crippen LogP contribution < -0.4 is 0 Å². The number of hydrogen-bond donors (Lipinski definition) is 1. The van der Waals surface area contributed by atoms with Gasteiger partial charge in [-0.1, -0.05) is 7.43 Å². The topological polar surface area (TPSA) is 89.9 Å². The molecule has 6 heteroatoms. The molecule has 0 bridgehead atoms. The first-order valence-electron chi connectivity index (χ1n) is 7.26. The monoisotopic (exact) mass is 326 g/mol. The average molecular weight is 326 g/mol. The molecule has 2 aliphatic carbocycles. The number of rotatable bonds is 2. The van der Waals surface area contributed by atoms with Gasteiger partial charge in [-0.25, -0.2) is 9.59 Å². The molecule has 0 saturated carbocycles. The van der Waals surface area contributed by atoms with Crippen LogP contribution in [0.5, 0.6) is 0 Å². The third kappa shape index (κ3) is 7.23. The van der Waals surface area contributed by atoms with Crippen molar-refractivity contribution in [2.75, 3.05) is 14.2 Å². The lowest BCUT2D eigenvalue weighted by Gasteiger charge is -2.14. The van der Waals surface area contributed by atoms with Gasteiger partial charge in [0.05, 0.1) is 20.3 Å². The van der Waals surface area contributed by atoms with Crippen LogP contribution in [0.3, 0.4) is 0 Å². The molecule has 0 aromatic rings. The molecule has 6 nitrogen and oxygen atoms in total. The molecule has 0 saturated heterocycles. The third-order valence-corrected chi connectivity index (χ3v) is 3.44. The predicted molar refractivity (Wildman–Crippen MR) is 85.6 cm³/mol. The second kappa shape index (κ2) is 10.7. The third-order valence-electron chi connectivity index (χ3n) is 3.44. The Kier molecular flexibility index (Phi) is 9.81. The van der Waals surface area contributed by atoms with Crippen LogP contribution in [-0.2, 0) is 23.9 Å². The van der Waals surface area contributed by atoms with Gasteiger partial charge in [0.25, 0.3) is 0 Å². The number of esters is 2. The number of carbonyl (C=O) groups excluding carboxylic acids is 3. The van der Waals surface area contributed by atoms with Crippen molar-refractivity contribution in [3.8, 4) is 0 Å². The van der Waals surface area contributed by atoms with Crippen LogP contribution in [0.25, 0.3) is 0 Å². The Hall–Kier alpha value is -1.95. The zero-order valence-corrected chi connectivity index (χ0v) is 13.0. The average Bonchev–Trinajstić information content (AvgIpc) is 2.54. The van der Waals surface area contributed by atoms with Crippen LogP contribution in [-0.4, -0.2) is 43.2 Å². The van der Waals surface area contributed by atoms with Crippen LogP contribution in [0.4, 0.5) is 0 Å². The van der Waals surface area contributed by atoms with Gasteiger partial charge in [-0.3, -0.25) is 4.79 Å². The number of aliphatic hydroxyl groups is 1. The van der Waals surface area contributed by atoms with E-state index in [4.69, 9.17) is 5.11 Å². The number of aliphatic hydroxyl groups excluding tert-OH is 1. The van der Waals surface area contributed by atoms with Crippen molar-refractivity contribution < 1.29 is 29.0 Å². The van der Waals surface area contributed by atoms with Gasteiger partial charge >= 0.3 is 11.9 Å². The summed E-state index contributed by atoms with van der Waals surface area (Å²) in [6.45, 7) is 0. The van der Waals surface area contributed by atoms with E-state index in [1.807, 2.05) is 0 Å². The maximum atomic E-state index is 10.9. The first kappa shape index (κ1) is 21.0. The fourth-order valence-corrected chi connectivity index (χ4v) is 2.29. The molecule has 1 unspecified atom stereocenters. The minimum absolute atomic E-state index is 0. The molecule has 130 valence electrons. The van der Waals surface area contributed by atoms with Gasteiger partial charge in [-0.15, -0.1) is 0 Å². The van der Waals surface area contributed by atoms with E-state index in [2.05, 4.69) is 9.47 Å². The van der Waals surface area contributed by atoms with E-state index in [0.29, 0.717) is 24.0 Å². The minimum Gasteiger partial charge on any atom is -0.466 e. The molecule has 1 N–H and O–H groups in total. The second-order valence-electron chi connectivity index (χ2n) is 5.12. The quantitative estimate of drug-likeness (QED) is 0.782. The summed E-state index contributed by atoms with van der Waals surface area (Å²) in [6, 6.07) is 0. The summed E-state index contributed by atoms with van der Waals surface area (Å²) in [7, 11) is 2.67. The summed E-state index contributed by atoms with van der Waals surface area (Å²) in [5.41, 5.74) is 1.11. The first-order valence-corrected chi connectivity index (χ1v) is 7.26. The van der Waals surface area contributed by atoms with Crippen LogP contribution in [0.2, 0.25) is 0 Å². The molecule has 2 rings (SSSR count). The van der Waals surface area contributed by atoms with Crippen LogP contribution >= 0.6 is 0 Å². The Morgan fingerprint density at radius 1 is 1.04 bits per heavy atom. The fourth-order valence-electron chi connectivity index (χ4n) is 2.29. The zero-order valence-electron chi connectivity index (χ0n) is 13.0. The molecule has 0 aliphatic heterocycles. The van der Waals surface area contributed by atoms with Crippen LogP contribution in [0.1, 0.15) is 46.0 Å². The van der Waals surface area contributed by atoms with Gasteiger partial charge in [-0.2, -0.15) is 0 Å². The highest BCUT2D eigenvalue weighted by atomic mass is 16.5. The summed E-state index contributed by atoms with van der Waals surface area (Å²) in [5.74, 6) is -0.668. The number of ketones is 1. The van der Waals surface area contributed by atoms with Gasteiger partial charge in [0, 0.05) is 17.6 Å². The molecule has 0 heterocycles. The molecule has 23 heavy (non-hydrogen) atoms. The maximum Gasteiger partial charge on any atom is 0.333 e. The zero-order chi connectivity index (χ0) is 16.5. The predicted octanol–water partition coefficient (Wildman–Crippen LogP) is 2.11. The minimum atomic E-state index is -0.460. The van der Waals surface area contributed by atoms with E-state index >= 15 is 0 Å². The molecule has 0 spiro atoms. The SMILES string of the molecule is C.COC(=O)C1=CC(=O)CCC1.COC(=O)C1=CC(O)CCC1. The highest BCUT2D eigenvalue weighted by molar-refractivity contribution is 6.00. The van der Waals surface area contributed by atoms with Crippen molar-refractivity contribution >= 4 is 17.7 Å². The lowest BCUT2D eigenvalue weighted by Crippen LogP contribution is -2.15. The van der Waals surface area contributed by atoms with Crippen molar-refractivity contribution in [3.05, 3.63) is 23.3 Å². The van der Waals surface area contributed by atoms with Gasteiger partial charge in [0.15, 0.2) is 5.78 Å². The molecule has 2 aliphatic rings. The van der Waals surface area contributed by atoms with Crippen molar-refractivity contribution in [1.29, 1.82) is 0 Å². The van der Waals surface area contributed by atoms with E-state index in [9.17, 15) is 14.4 Å². The van der Waals surface area contributed by atoms with Gasteiger partial charge in [0.2, 0.25) is 0 Å². The molecule has 0 radical (unpaired) electrons. The molecule has 0 aromatic heterocycles. The lowest BCUT2D eigenvalue weighted by molar-refractivity contribution is -0.137. The Morgan fingerprint density at radius 2 is 1.61 bits per heavy atom. The summed E-state index contributed by atoms with van der Waals surface area (Å²) in [5, 5.41) is 9.14. The van der Waals surface area contributed by atoms with Crippen molar-refractivity contribution in [1.82, 2.24) is 0 Å². The van der Waals surface area contributed by atoms with Gasteiger partial charge in [-0.05, 0) is 44.3 Å². The fraction of sp³-hybridized carbons (Fsp3) is 0.588. The smallest absolute Gasteiger partial charge is 0.333 e. The Morgan fingerprint density at radius 3 is 2.13 bits per heavy atom. The Balaban J connectivity index is 0.000000403. The summed E-state index contributed by atoms with van der Waals surface area (Å²) >= 11 is 0. The largest absolute Gasteiger partial charge is 0.466 e. The van der Waals surface area contributed by atoms with Crippen LogP contribution in [0.15, 0.2) is 23.3 Å². The number of methoxy groups -OCH3 is 2. The van der Waals surface area contributed by atoms with E-state index in [1.165, 1.54) is 20.3 Å². The number of allylic oxidation sites excluding steroid dienone is 1. The Labute approximate surface area is 137 Å². The maximum absolute atomic E-state index is 10.9. The summed E-state index contributed by atoms with van der Waals surface area (Å²) < 4.78 is 9.00. The number of ether oxygens (including phenoxy) is 2. The highest BCUT2D eigenvalue weighted by Gasteiger charge is 2.17. The molecule has 1 atom stereocenters. The lowest BCUT2D eigenvalue weighted by atomic mass is 9.98. The van der Waals surface area contributed by atoms with E-state index in [-0.39, 0.29) is 25.1 Å². The number of hydrogen-bond acceptors (Lipinski definition) is 6. The van der Waals surface area contributed by atoms with Gasteiger partial charge in [0.1, 0.15) is 0 Å². The van der Waals surface area contributed by atoms with Gasteiger partial charge < -0.3 is 14.6 Å².